The third kappa shape index (κ3) is 4.07. The molecular formula is C14H15ClF3N3O2S. The number of halogens is 4. The number of aromatic nitrogens is 2. The highest BCUT2D eigenvalue weighted by Crippen LogP contribution is 2.35. The largest absolute Gasteiger partial charge is 0.416 e. The average Bonchev–Trinajstić information content (AvgIpc) is 2.33. The van der Waals surface area contributed by atoms with Crippen molar-refractivity contribution in [2.45, 2.75) is 37.5 Å². The third-order valence-electron chi connectivity index (χ3n) is 2.86. The molecule has 5 nitrogen and oxygen atoms in total. The monoisotopic (exact) mass is 381 g/mol. The first-order chi connectivity index (χ1) is 10.7. The van der Waals surface area contributed by atoms with Crippen LogP contribution >= 0.6 is 11.6 Å². The van der Waals surface area contributed by atoms with Crippen LogP contribution in [0.15, 0.2) is 17.2 Å². The molecule has 1 aromatic heterocycles. The summed E-state index contributed by atoms with van der Waals surface area (Å²) in [7, 11) is -3.77. The molecule has 10 heteroatoms. The van der Waals surface area contributed by atoms with Gasteiger partial charge in [-0.3, -0.25) is 0 Å². The summed E-state index contributed by atoms with van der Waals surface area (Å²) < 4.78 is 62.7. The summed E-state index contributed by atoms with van der Waals surface area (Å²) in [5, 5.41) is 2.16. The Morgan fingerprint density at radius 1 is 1.12 bits per heavy atom. The molecule has 2 rings (SSSR count). The fourth-order valence-electron chi connectivity index (χ4n) is 1.96. The number of sulfone groups is 1. The highest BCUT2D eigenvalue weighted by Gasteiger charge is 2.32. The van der Waals surface area contributed by atoms with Crippen LogP contribution in [0.5, 0.6) is 0 Å². The number of nitrogens with zero attached hydrogens (tertiary/aromatic N) is 2. The van der Waals surface area contributed by atoms with Crippen molar-refractivity contribution in [1.82, 2.24) is 9.97 Å². The topological polar surface area (TPSA) is 72.0 Å². The van der Waals surface area contributed by atoms with Crippen LogP contribution < -0.4 is 5.32 Å². The van der Waals surface area contributed by atoms with E-state index < -0.39 is 27.1 Å². The van der Waals surface area contributed by atoms with E-state index in [2.05, 4.69) is 15.3 Å². The molecule has 2 aromatic rings. The van der Waals surface area contributed by atoms with Crippen molar-refractivity contribution < 1.29 is 21.6 Å². The second-order valence-corrected chi connectivity index (χ2v) is 8.69. The zero-order valence-corrected chi connectivity index (χ0v) is 14.9. The molecule has 0 fully saturated rings. The van der Waals surface area contributed by atoms with Gasteiger partial charge in [-0.25, -0.2) is 18.4 Å². The number of fused-ring (bicyclic) bond motifs is 1. The number of alkyl halides is 3. The van der Waals surface area contributed by atoms with Crippen molar-refractivity contribution in [2.24, 2.45) is 0 Å². The standard InChI is InChI=1S/C14H15ClF3N3O2S/c1-13(2,3)21-11-12(24(4,22)23)20-10-8(15)5-7(14(16,17)18)6-9(10)19-11/h5-6H,1-4H3,(H,19,21). The molecule has 0 atom stereocenters. The van der Waals surface area contributed by atoms with Crippen LogP contribution in [0.4, 0.5) is 19.0 Å². The van der Waals surface area contributed by atoms with E-state index in [0.29, 0.717) is 6.07 Å². The quantitative estimate of drug-likeness (QED) is 0.853. The lowest BCUT2D eigenvalue weighted by atomic mass is 10.1. The molecule has 0 saturated carbocycles. The fraction of sp³-hybridized carbons (Fsp3) is 0.429. The fourth-order valence-corrected chi connectivity index (χ4v) is 2.92. The summed E-state index contributed by atoms with van der Waals surface area (Å²) >= 11 is 5.86. The van der Waals surface area contributed by atoms with E-state index in [1.165, 1.54) is 0 Å². The summed E-state index contributed by atoms with van der Waals surface area (Å²) in [6.45, 7) is 5.26. The Bertz CT molecular complexity index is 906. The van der Waals surface area contributed by atoms with E-state index in [9.17, 15) is 21.6 Å². The summed E-state index contributed by atoms with van der Waals surface area (Å²) in [6.07, 6.45) is -3.67. The van der Waals surface area contributed by atoms with Gasteiger partial charge in [-0.15, -0.1) is 0 Å². The average molecular weight is 382 g/mol. The van der Waals surface area contributed by atoms with Crippen molar-refractivity contribution in [3.8, 4) is 0 Å². The minimum absolute atomic E-state index is 0.107. The predicted molar refractivity (Wildman–Crippen MR) is 86.0 cm³/mol. The molecule has 0 amide bonds. The maximum absolute atomic E-state index is 12.9. The Morgan fingerprint density at radius 3 is 2.17 bits per heavy atom. The van der Waals surface area contributed by atoms with Crippen LogP contribution in [0.1, 0.15) is 26.3 Å². The maximum atomic E-state index is 12.9. The van der Waals surface area contributed by atoms with Crippen LogP contribution in [0, 0.1) is 0 Å². The number of benzene rings is 1. The number of hydrogen-bond acceptors (Lipinski definition) is 5. The smallest absolute Gasteiger partial charge is 0.363 e. The SMILES string of the molecule is CC(C)(C)Nc1nc2cc(C(F)(F)F)cc(Cl)c2nc1S(C)(=O)=O. The van der Waals surface area contributed by atoms with Gasteiger partial charge in [-0.1, -0.05) is 11.6 Å². The number of nitrogens with one attached hydrogen (secondary N) is 1. The van der Waals surface area contributed by atoms with E-state index in [-0.39, 0.29) is 26.9 Å². The molecule has 1 heterocycles. The summed E-state index contributed by atoms with van der Waals surface area (Å²) in [5.41, 5.74) is -1.81. The molecule has 0 saturated heterocycles. The van der Waals surface area contributed by atoms with Crippen molar-refractivity contribution in [1.29, 1.82) is 0 Å². The Labute approximate surface area is 142 Å². The molecule has 0 spiro atoms. The molecule has 0 aliphatic rings. The lowest BCUT2D eigenvalue weighted by Gasteiger charge is -2.23. The van der Waals surface area contributed by atoms with Crippen LogP contribution in [0.2, 0.25) is 5.02 Å². The Hall–Kier alpha value is -1.61. The molecule has 1 aromatic carbocycles. The van der Waals surface area contributed by atoms with Crippen LogP contribution in [-0.4, -0.2) is 30.2 Å². The van der Waals surface area contributed by atoms with Gasteiger partial charge in [0.2, 0.25) is 0 Å². The van der Waals surface area contributed by atoms with Gasteiger partial charge in [-0.2, -0.15) is 13.2 Å². The normalized spacial score (nSPS) is 13.3. The molecule has 0 bridgehead atoms. The Balaban J connectivity index is 2.83. The van der Waals surface area contributed by atoms with E-state index in [1.807, 2.05) is 0 Å². The number of rotatable bonds is 2. The Morgan fingerprint density at radius 2 is 1.71 bits per heavy atom. The minimum Gasteiger partial charge on any atom is -0.363 e. The molecular weight excluding hydrogens is 367 g/mol. The first-order valence-corrected chi connectivity index (χ1v) is 9.02. The van der Waals surface area contributed by atoms with Crippen molar-refractivity contribution >= 4 is 38.3 Å². The van der Waals surface area contributed by atoms with E-state index >= 15 is 0 Å². The number of anilines is 1. The van der Waals surface area contributed by atoms with Gasteiger partial charge in [0, 0.05) is 11.8 Å². The first kappa shape index (κ1) is 18.7. The first-order valence-electron chi connectivity index (χ1n) is 6.75. The van der Waals surface area contributed by atoms with Gasteiger partial charge in [0.1, 0.15) is 5.52 Å². The maximum Gasteiger partial charge on any atom is 0.416 e. The van der Waals surface area contributed by atoms with E-state index in [0.717, 1.165) is 12.3 Å². The van der Waals surface area contributed by atoms with Crippen molar-refractivity contribution in [3.05, 3.63) is 22.7 Å². The van der Waals surface area contributed by atoms with Gasteiger partial charge in [0.25, 0.3) is 0 Å². The molecule has 0 unspecified atom stereocenters. The molecule has 132 valence electrons. The van der Waals surface area contributed by atoms with Crippen LogP contribution in [-0.2, 0) is 16.0 Å². The molecule has 0 aliphatic heterocycles. The third-order valence-corrected chi connectivity index (χ3v) is 4.14. The summed E-state index contributed by atoms with van der Waals surface area (Å²) in [6, 6.07) is 1.48. The van der Waals surface area contributed by atoms with Gasteiger partial charge in [0.15, 0.2) is 20.7 Å². The molecule has 1 N–H and O–H groups in total. The van der Waals surface area contributed by atoms with Gasteiger partial charge in [0.05, 0.1) is 16.1 Å². The highest BCUT2D eigenvalue weighted by atomic mass is 35.5. The zero-order chi connectivity index (χ0) is 18.5. The minimum atomic E-state index is -4.60. The summed E-state index contributed by atoms with van der Waals surface area (Å²) in [4.78, 5) is 7.97. The highest BCUT2D eigenvalue weighted by molar-refractivity contribution is 7.90. The summed E-state index contributed by atoms with van der Waals surface area (Å²) in [5.74, 6) is -0.118. The predicted octanol–water partition coefficient (Wildman–Crippen LogP) is 3.92. The lowest BCUT2D eigenvalue weighted by Crippen LogP contribution is -2.28. The van der Waals surface area contributed by atoms with Crippen LogP contribution in [0.25, 0.3) is 11.0 Å². The lowest BCUT2D eigenvalue weighted by molar-refractivity contribution is -0.137. The van der Waals surface area contributed by atoms with Crippen molar-refractivity contribution in [3.63, 3.8) is 0 Å². The van der Waals surface area contributed by atoms with Gasteiger partial charge < -0.3 is 5.32 Å². The Kier molecular flexibility index (Phi) is 4.47. The van der Waals surface area contributed by atoms with E-state index in [4.69, 9.17) is 11.6 Å². The number of hydrogen-bond donors (Lipinski definition) is 1. The van der Waals surface area contributed by atoms with Crippen LogP contribution in [0.3, 0.4) is 0 Å². The zero-order valence-electron chi connectivity index (χ0n) is 13.3. The van der Waals surface area contributed by atoms with Gasteiger partial charge >= 0.3 is 6.18 Å². The van der Waals surface area contributed by atoms with Gasteiger partial charge in [-0.05, 0) is 32.9 Å². The van der Waals surface area contributed by atoms with E-state index in [1.54, 1.807) is 20.8 Å². The second-order valence-electron chi connectivity index (χ2n) is 6.35. The second kappa shape index (κ2) is 5.73. The van der Waals surface area contributed by atoms with Crippen molar-refractivity contribution in [2.75, 3.05) is 11.6 Å². The molecule has 0 radical (unpaired) electrons. The molecule has 0 aliphatic carbocycles. The molecule has 24 heavy (non-hydrogen) atoms.